The van der Waals surface area contributed by atoms with Gasteiger partial charge in [0.2, 0.25) is 0 Å². The average Bonchev–Trinajstić information content (AvgIpc) is 2.83. The van der Waals surface area contributed by atoms with E-state index in [4.69, 9.17) is 0 Å². The van der Waals surface area contributed by atoms with E-state index >= 15 is 0 Å². The molecule has 0 bridgehead atoms. The lowest BCUT2D eigenvalue weighted by atomic mass is 10.1. The molecule has 0 spiro atoms. The van der Waals surface area contributed by atoms with Gasteiger partial charge in [0.1, 0.15) is 0 Å². The first kappa shape index (κ1) is 11.9. The van der Waals surface area contributed by atoms with E-state index in [9.17, 15) is 0 Å². The minimum Gasteiger partial charge on any atom is -0.359 e. The number of nitrogens with zero attached hydrogens (tertiary/aromatic N) is 2. The molecule has 0 amide bonds. The lowest BCUT2D eigenvalue weighted by Gasteiger charge is -2.11. The van der Waals surface area contributed by atoms with Crippen molar-refractivity contribution in [1.82, 2.24) is 10.3 Å². The van der Waals surface area contributed by atoms with Crippen LogP contribution in [0.4, 0.5) is 0 Å². The van der Waals surface area contributed by atoms with Gasteiger partial charge >= 0.3 is 0 Å². The molecule has 16 heavy (non-hydrogen) atoms. The molecule has 1 aromatic rings. The third-order valence-corrected chi connectivity index (χ3v) is 4.82. The topological polar surface area (TPSA) is 37.3 Å². The van der Waals surface area contributed by atoms with E-state index in [1.165, 1.54) is 0 Å². The maximum absolute atomic E-state index is 4.50. The Morgan fingerprint density at radius 1 is 1.56 bits per heavy atom. The van der Waals surface area contributed by atoms with Gasteiger partial charge in [-0.15, -0.1) is 11.3 Å². The Bertz CT molecular complexity index is 384. The Morgan fingerprint density at radius 3 is 2.94 bits per heavy atom. The second-order valence-electron chi connectivity index (χ2n) is 4.26. The molecule has 0 fully saturated rings. The molecule has 0 radical (unpaired) electrons. The minimum absolute atomic E-state index is 0.639. The molecule has 0 aliphatic carbocycles. The van der Waals surface area contributed by atoms with Crippen molar-refractivity contribution >= 4 is 28.3 Å². The predicted molar refractivity (Wildman–Crippen MR) is 72.2 cm³/mol. The summed E-state index contributed by atoms with van der Waals surface area (Å²) >= 11 is 3.55. The SMILES string of the molecule is Cc1nc(CNC2=NCC(C(C)C)S2)cs1. The van der Waals surface area contributed by atoms with Crippen molar-refractivity contribution in [3.8, 4) is 0 Å². The van der Waals surface area contributed by atoms with Gasteiger partial charge in [0, 0.05) is 10.6 Å². The first-order chi connectivity index (χ1) is 7.65. The summed E-state index contributed by atoms with van der Waals surface area (Å²) in [5.74, 6) is 0.689. The zero-order chi connectivity index (χ0) is 11.5. The van der Waals surface area contributed by atoms with E-state index in [0.717, 1.165) is 29.0 Å². The molecule has 0 saturated heterocycles. The number of aryl methyl sites for hydroxylation is 1. The Kier molecular flexibility index (Phi) is 3.86. The Hall–Kier alpha value is -0.550. The van der Waals surface area contributed by atoms with Gasteiger partial charge in [0.05, 0.1) is 23.8 Å². The zero-order valence-electron chi connectivity index (χ0n) is 9.86. The molecule has 2 heterocycles. The number of thiazole rings is 1. The van der Waals surface area contributed by atoms with E-state index in [-0.39, 0.29) is 0 Å². The fourth-order valence-electron chi connectivity index (χ4n) is 1.49. The van der Waals surface area contributed by atoms with Crippen LogP contribution in [-0.4, -0.2) is 21.9 Å². The van der Waals surface area contributed by atoms with E-state index < -0.39 is 0 Å². The zero-order valence-corrected chi connectivity index (χ0v) is 11.5. The normalized spacial score (nSPS) is 20.2. The van der Waals surface area contributed by atoms with E-state index in [1.54, 1.807) is 11.3 Å². The van der Waals surface area contributed by atoms with Gasteiger partial charge in [-0.2, -0.15) is 0 Å². The van der Waals surface area contributed by atoms with Crippen LogP contribution in [-0.2, 0) is 6.54 Å². The highest BCUT2D eigenvalue weighted by molar-refractivity contribution is 8.14. The molecule has 1 unspecified atom stereocenters. The minimum atomic E-state index is 0.639. The van der Waals surface area contributed by atoms with Crippen LogP contribution in [0.2, 0.25) is 0 Å². The maximum atomic E-state index is 4.50. The highest BCUT2D eigenvalue weighted by Gasteiger charge is 2.22. The average molecular weight is 255 g/mol. The number of rotatable bonds is 3. The molecule has 1 aliphatic heterocycles. The van der Waals surface area contributed by atoms with Gasteiger partial charge in [-0.25, -0.2) is 4.98 Å². The first-order valence-electron chi connectivity index (χ1n) is 5.51. The van der Waals surface area contributed by atoms with E-state index in [0.29, 0.717) is 11.2 Å². The number of hydrogen-bond donors (Lipinski definition) is 1. The third kappa shape index (κ3) is 2.98. The molecule has 2 rings (SSSR count). The van der Waals surface area contributed by atoms with Crippen LogP contribution in [0.1, 0.15) is 24.5 Å². The standard InChI is InChI=1S/C11H17N3S2/c1-7(2)10-5-13-11(16-10)12-4-9-6-15-8(3)14-9/h6-7,10H,4-5H2,1-3H3,(H,12,13). The molecular formula is C11H17N3S2. The molecule has 0 saturated carbocycles. The van der Waals surface area contributed by atoms with Gasteiger partial charge in [0.25, 0.3) is 0 Å². The Balaban J connectivity index is 1.80. The van der Waals surface area contributed by atoms with Gasteiger partial charge < -0.3 is 5.32 Å². The van der Waals surface area contributed by atoms with Crippen molar-refractivity contribution in [3.63, 3.8) is 0 Å². The predicted octanol–water partition coefficient (Wildman–Crippen LogP) is 2.67. The third-order valence-electron chi connectivity index (χ3n) is 2.51. The quantitative estimate of drug-likeness (QED) is 0.902. The number of hydrogen-bond acceptors (Lipinski definition) is 5. The van der Waals surface area contributed by atoms with Crippen LogP contribution >= 0.6 is 23.1 Å². The molecule has 3 nitrogen and oxygen atoms in total. The van der Waals surface area contributed by atoms with Crippen LogP contribution in [0.5, 0.6) is 0 Å². The molecular weight excluding hydrogens is 238 g/mol. The van der Waals surface area contributed by atoms with Crippen molar-refractivity contribution in [3.05, 3.63) is 16.1 Å². The number of aliphatic imine (C=N–C) groups is 1. The summed E-state index contributed by atoms with van der Waals surface area (Å²) in [4.78, 5) is 8.92. The molecule has 5 heteroatoms. The van der Waals surface area contributed by atoms with Crippen LogP contribution in [0.15, 0.2) is 10.4 Å². The highest BCUT2D eigenvalue weighted by atomic mass is 32.2. The van der Waals surface area contributed by atoms with Crippen molar-refractivity contribution in [2.24, 2.45) is 10.9 Å². The van der Waals surface area contributed by atoms with Gasteiger partial charge in [-0.05, 0) is 12.8 Å². The highest BCUT2D eigenvalue weighted by Crippen LogP contribution is 2.26. The van der Waals surface area contributed by atoms with Crippen LogP contribution in [0, 0.1) is 12.8 Å². The summed E-state index contributed by atoms with van der Waals surface area (Å²) < 4.78 is 0. The van der Waals surface area contributed by atoms with E-state index in [1.807, 2.05) is 18.7 Å². The second-order valence-corrected chi connectivity index (χ2v) is 6.55. The first-order valence-corrected chi connectivity index (χ1v) is 7.27. The Morgan fingerprint density at radius 2 is 2.38 bits per heavy atom. The summed E-state index contributed by atoms with van der Waals surface area (Å²) in [7, 11) is 0. The summed E-state index contributed by atoms with van der Waals surface area (Å²) in [5, 5.41) is 8.29. The fourth-order valence-corrected chi connectivity index (χ4v) is 3.12. The molecule has 1 aliphatic rings. The molecule has 1 aromatic heterocycles. The second kappa shape index (κ2) is 5.19. The van der Waals surface area contributed by atoms with Gasteiger partial charge in [-0.3, -0.25) is 4.99 Å². The molecule has 1 atom stereocenters. The van der Waals surface area contributed by atoms with Gasteiger partial charge in [-0.1, -0.05) is 25.6 Å². The summed E-state index contributed by atoms with van der Waals surface area (Å²) in [6, 6.07) is 0. The molecule has 1 N–H and O–H groups in total. The number of nitrogens with one attached hydrogen (secondary N) is 1. The maximum Gasteiger partial charge on any atom is 0.157 e. The van der Waals surface area contributed by atoms with Crippen molar-refractivity contribution in [2.45, 2.75) is 32.6 Å². The van der Waals surface area contributed by atoms with Crippen LogP contribution < -0.4 is 5.32 Å². The number of aromatic nitrogens is 1. The molecule has 88 valence electrons. The lowest BCUT2D eigenvalue weighted by molar-refractivity contribution is 0.621. The monoisotopic (exact) mass is 255 g/mol. The number of amidine groups is 1. The summed E-state index contributed by atoms with van der Waals surface area (Å²) in [5.41, 5.74) is 1.11. The summed E-state index contributed by atoms with van der Waals surface area (Å²) in [6.45, 7) is 8.27. The van der Waals surface area contributed by atoms with Crippen LogP contribution in [0.3, 0.4) is 0 Å². The van der Waals surface area contributed by atoms with Crippen molar-refractivity contribution in [2.75, 3.05) is 6.54 Å². The van der Waals surface area contributed by atoms with Gasteiger partial charge in [0.15, 0.2) is 5.17 Å². The Labute approximate surface area is 105 Å². The van der Waals surface area contributed by atoms with E-state index in [2.05, 4.69) is 34.5 Å². The smallest absolute Gasteiger partial charge is 0.157 e. The lowest BCUT2D eigenvalue weighted by Crippen LogP contribution is -2.20. The largest absolute Gasteiger partial charge is 0.359 e. The van der Waals surface area contributed by atoms with Crippen LogP contribution in [0.25, 0.3) is 0 Å². The molecule has 0 aromatic carbocycles. The summed E-state index contributed by atoms with van der Waals surface area (Å²) in [6.07, 6.45) is 0. The van der Waals surface area contributed by atoms with Crippen molar-refractivity contribution in [1.29, 1.82) is 0 Å². The number of thioether (sulfide) groups is 1. The van der Waals surface area contributed by atoms with Crippen molar-refractivity contribution < 1.29 is 0 Å². The fraction of sp³-hybridized carbons (Fsp3) is 0.636.